The lowest BCUT2D eigenvalue weighted by Crippen LogP contribution is -2.46. The van der Waals surface area contributed by atoms with Crippen LogP contribution in [-0.2, 0) is 9.53 Å². The molecule has 5 nitrogen and oxygen atoms in total. The predicted molar refractivity (Wildman–Crippen MR) is 42.3 cm³/mol. The van der Waals surface area contributed by atoms with Crippen molar-refractivity contribution in [3.8, 4) is 0 Å². The number of ether oxygens (including phenoxy) is 1. The van der Waals surface area contributed by atoms with Gasteiger partial charge in [0.25, 0.3) is 0 Å². The number of carboxylic acids is 1. The number of hydrogen-bond acceptors (Lipinski definition) is 3. The minimum atomic E-state index is -4.71. The molecule has 0 aromatic heterocycles. The van der Waals surface area contributed by atoms with Gasteiger partial charge in [-0.25, -0.2) is 4.79 Å². The van der Waals surface area contributed by atoms with E-state index in [1.807, 2.05) is 0 Å². The highest BCUT2D eigenvalue weighted by Crippen LogP contribution is 2.32. The number of carbonyl (C=O) groups excluding carboxylic acids is 1. The standard InChI is InChI=1S/C7H10F3NO4/c1-6(2,7(8,9)10)15-5(14)11-3-4(12)13/h3H2,1-2H3,(H,11,14)(H,12,13). The second kappa shape index (κ2) is 4.37. The summed E-state index contributed by atoms with van der Waals surface area (Å²) in [6, 6.07) is 0. The number of carboxylic acid groups (broad SMARTS) is 1. The van der Waals surface area contributed by atoms with Crippen molar-refractivity contribution < 1.29 is 32.6 Å². The molecule has 1 amide bonds. The molecule has 0 heterocycles. The Balaban J connectivity index is 4.23. The van der Waals surface area contributed by atoms with E-state index >= 15 is 0 Å². The Kier molecular flexibility index (Phi) is 3.94. The molecule has 0 bridgehead atoms. The Morgan fingerprint density at radius 2 is 1.80 bits per heavy atom. The highest BCUT2D eigenvalue weighted by atomic mass is 19.4. The summed E-state index contributed by atoms with van der Waals surface area (Å²) in [4.78, 5) is 20.7. The maximum atomic E-state index is 12.2. The summed E-state index contributed by atoms with van der Waals surface area (Å²) in [7, 11) is 0. The van der Waals surface area contributed by atoms with Crippen LogP contribution in [0, 0.1) is 0 Å². The van der Waals surface area contributed by atoms with Gasteiger partial charge in [-0.05, 0) is 13.8 Å². The highest BCUT2D eigenvalue weighted by molar-refractivity contribution is 5.76. The SMILES string of the molecule is CC(C)(OC(=O)NCC(=O)O)C(F)(F)F. The van der Waals surface area contributed by atoms with Crippen LogP contribution in [0.2, 0.25) is 0 Å². The number of nitrogens with one attached hydrogen (secondary N) is 1. The van der Waals surface area contributed by atoms with Crippen molar-refractivity contribution in [1.82, 2.24) is 5.32 Å². The number of aliphatic carboxylic acids is 1. The summed E-state index contributed by atoms with van der Waals surface area (Å²) in [5.74, 6) is -1.38. The molecule has 0 unspecified atom stereocenters. The van der Waals surface area contributed by atoms with E-state index in [0.717, 1.165) is 0 Å². The summed E-state index contributed by atoms with van der Waals surface area (Å²) < 4.78 is 40.5. The van der Waals surface area contributed by atoms with Crippen molar-refractivity contribution in [3.63, 3.8) is 0 Å². The van der Waals surface area contributed by atoms with Crippen LogP contribution in [0.1, 0.15) is 13.8 Å². The fourth-order valence-corrected chi connectivity index (χ4v) is 0.473. The molecular weight excluding hydrogens is 219 g/mol. The zero-order valence-corrected chi connectivity index (χ0v) is 8.01. The number of halogens is 3. The summed E-state index contributed by atoms with van der Waals surface area (Å²) in [5, 5.41) is 9.78. The maximum Gasteiger partial charge on any atom is 0.427 e. The van der Waals surface area contributed by atoms with Crippen LogP contribution in [0.4, 0.5) is 18.0 Å². The number of hydrogen-bond donors (Lipinski definition) is 2. The molecule has 15 heavy (non-hydrogen) atoms. The highest BCUT2D eigenvalue weighted by Gasteiger charge is 2.50. The minimum Gasteiger partial charge on any atom is -0.480 e. The van der Waals surface area contributed by atoms with Crippen molar-refractivity contribution >= 4 is 12.1 Å². The van der Waals surface area contributed by atoms with Gasteiger partial charge in [-0.1, -0.05) is 0 Å². The summed E-state index contributed by atoms with van der Waals surface area (Å²) in [6.45, 7) is 0.521. The van der Waals surface area contributed by atoms with Gasteiger partial charge in [-0.2, -0.15) is 13.2 Å². The Morgan fingerprint density at radius 3 is 2.13 bits per heavy atom. The average molecular weight is 229 g/mol. The number of carbonyl (C=O) groups is 2. The van der Waals surface area contributed by atoms with Gasteiger partial charge in [0, 0.05) is 0 Å². The van der Waals surface area contributed by atoms with E-state index in [1.54, 1.807) is 5.32 Å². The molecule has 2 N–H and O–H groups in total. The van der Waals surface area contributed by atoms with Crippen LogP contribution >= 0.6 is 0 Å². The summed E-state index contributed by atoms with van der Waals surface area (Å²) in [6.07, 6.45) is -6.15. The first-order valence-electron chi connectivity index (χ1n) is 3.81. The van der Waals surface area contributed by atoms with Gasteiger partial charge in [-0.3, -0.25) is 4.79 Å². The molecule has 0 atom stereocenters. The lowest BCUT2D eigenvalue weighted by Gasteiger charge is -2.27. The number of rotatable bonds is 3. The van der Waals surface area contributed by atoms with Gasteiger partial charge < -0.3 is 15.2 Å². The van der Waals surface area contributed by atoms with Crippen molar-refractivity contribution in [1.29, 1.82) is 0 Å². The molecule has 0 aromatic rings. The van der Waals surface area contributed by atoms with E-state index in [4.69, 9.17) is 5.11 Å². The topological polar surface area (TPSA) is 75.6 Å². The molecule has 0 aliphatic rings. The molecule has 0 radical (unpaired) electrons. The van der Waals surface area contributed by atoms with E-state index in [0.29, 0.717) is 13.8 Å². The van der Waals surface area contributed by atoms with E-state index in [2.05, 4.69) is 4.74 Å². The zero-order valence-electron chi connectivity index (χ0n) is 8.01. The molecule has 0 fully saturated rings. The van der Waals surface area contributed by atoms with Crippen molar-refractivity contribution in [2.24, 2.45) is 0 Å². The third-order valence-electron chi connectivity index (χ3n) is 1.41. The molecule has 0 aliphatic heterocycles. The van der Waals surface area contributed by atoms with Gasteiger partial charge in [-0.15, -0.1) is 0 Å². The Morgan fingerprint density at radius 1 is 1.33 bits per heavy atom. The smallest absolute Gasteiger partial charge is 0.427 e. The summed E-state index contributed by atoms with van der Waals surface area (Å²) >= 11 is 0. The number of alkyl halides is 3. The van der Waals surface area contributed by atoms with Crippen molar-refractivity contribution in [3.05, 3.63) is 0 Å². The van der Waals surface area contributed by atoms with Crippen LogP contribution in [0.15, 0.2) is 0 Å². The van der Waals surface area contributed by atoms with Gasteiger partial charge in [0.1, 0.15) is 6.54 Å². The monoisotopic (exact) mass is 229 g/mol. The summed E-state index contributed by atoms with van der Waals surface area (Å²) in [5.41, 5.74) is -2.66. The molecular formula is C7H10F3NO4. The second-order valence-electron chi connectivity index (χ2n) is 3.14. The first-order valence-corrected chi connectivity index (χ1v) is 3.81. The van der Waals surface area contributed by atoms with E-state index in [-0.39, 0.29) is 0 Å². The lowest BCUT2D eigenvalue weighted by molar-refractivity contribution is -0.243. The number of alkyl carbamates (subject to hydrolysis) is 1. The first-order chi connectivity index (χ1) is 6.56. The average Bonchev–Trinajstić information content (AvgIpc) is 1.97. The molecule has 88 valence electrons. The molecule has 0 spiro atoms. The van der Waals surface area contributed by atoms with Gasteiger partial charge in [0.05, 0.1) is 0 Å². The van der Waals surface area contributed by atoms with Crippen LogP contribution in [0.3, 0.4) is 0 Å². The zero-order chi connectivity index (χ0) is 12.3. The molecule has 0 aromatic carbocycles. The van der Waals surface area contributed by atoms with E-state index < -0.39 is 30.4 Å². The van der Waals surface area contributed by atoms with Gasteiger partial charge >= 0.3 is 18.2 Å². The van der Waals surface area contributed by atoms with Crippen LogP contribution < -0.4 is 5.32 Å². The molecule has 8 heteroatoms. The molecule has 0 rings (SSSR count). The lowest BCUT2D eigenvalue weighted by atomic mass is 10.1. The maximum absolute atomic E-state index is 12.2. The Bertz CT molecular complexity index is 261. The molecule has 0 saturated carbocycles. The quantitative estimate of drug-likeness (QED) is 0.760. The third kappa shape index (κ3) is 4.52. The Labute approximate surface area is 83.2 Å². The molecule has 0 saturated heterocycles. The third-order valence-corrected chi connectivity index (χ3v) is 1.41. The van der Waals surface area contributed by atoms with Gasteiger partial charge in [0.15, 0.2) is 0 Å². The largest absolute Gasteiger partial charge is 0.480 e. The normalized spacial score (nSPS) is 12.1. The predicted octanol–water partition coefficient (Wildman–Crippen LogP) is 1.14. The van der Waals surface area contributed by atoms with Crippen LogP contribution in [0.25, 0.3) is 0 Å². The first kappa shape index (κ1) is 13.5. The molecule has 0 aliphatic carbocycles. The van der Waals surface area contributed by atoms with Gasteiger partial charge in [0.2, 0.25) is 5.60 Å². The van der Waals surface area contributed by atoms with Crippen molar-refractivity contribution in [2.75, 3.05) is 6.54 Å². The van der Waals surface area contributed by atoms with E-state index in [9.17, 15) is 22.8 Å². The van der Waals surface area contributed by atoms with Crippen LogP contribution in [-0.4, -0.2) is 35.5 Å². The fourth-order valence-electron chi connectivity index (χ4n) is 0.473. The van der Waals surface area contributed by atoms with Crippen LogP contribution in [0.5, 0.6) is 0 Å². The second-order valence-corrected chi connectivity index (χ2v) is 3.14. The van der Waals surface area contributed by atoms with E-state index in [1.165, 1.54) is 0 Å². The Hall–Kier alpha value is -1.47. The number of amides is 1. The fraction of sp³-hybridized carbons (Fsp3) is 0.714. The minimum absolute atomic E-state index is 0.660. The van der Waals surface area contributed by atoms with Crippen molar-refractivity contribution in [2.45, 2.75) is 25.6 Å².